The van der Waals surface area contributed by atoms with E-state index in [0.29, 0.717) is 12.5 Å². The molecule has 1 fully saturated rings. The maximum absolute atomic E-state index is 12.4. The first-order chi connectivity index (χ1) is 13.8. The Morgan fingerprint density at radius 2 is 1.83 bits per heavy atom. The number of para-hydroxylation sites is 1. The van der Waals surface area contributed by atoms with Crippen molar-refractivity contribution in [2.24, 2.45) is 0 Å². The summed E-state index contributed by atoms with van der Waals surface area (Å²) >= 11 is 0. The molecule has 2 aromatic rings. The lowest BCUT2D eigenvalue weighted by Gasteiger charge is -2.37. The number of aromatic nitrogens is 1. The predicted octanol–water partition coefficient (Wildman–Crippen LogP) is 1.74. The minimum atomic E-state index is -0.497. The van der Waals surface area contributed by atoms with Crippen molar-refractivity contribution < 1.29 is 4.79 Å². The first kappa shape index (κ1) is 20.9. The van der Waals surface area contributed by atoms with Gasteiger partial charge in [0, 0.05) is 55.4 Å². The summed E-state index contributed by atoms with van der Waals surface area (Å²) in [5, 5.41) is 22.8. The van der Waals surface area contributed by atoms with E-state index >= 15 is 0 Å². The number of carbonyl (C=O) groups is 1. The quantitative estimate of drug-likeness (QED) is 0.400. The van der Waals surface area contributed by atoms with E-state index in [2.05, 4.69) is 40.4 Å². The van der Waals surface area contributed by atoms with Crippen LogP contribution in [-0.4, -0.2) is 70.7 Å². The van der Waals surface area contributed by atoms with Gasteiger partial charge in [-0.15, -0.1) is 0 Å². The van der Waals surface area contributed by atoms with Gasteiger partial charge in [0.1, 0.15) is 0 Å². The van der Waals surface area contributed by atoms with E-state index < -0.39 is 5.91 Å². The predicted molar refractivity (Wildman–Crippen MR) is 116 cm³/mol. The molecule has 1 atom stereocenters. The molecule has 0 radical (unpaired) electrons. The van der Waals surface area contributed by atoms with E-state index in [1.54, 1.807) is 0 Å². The number of amides is 1. The zero-order chi connectivity index (χ0) is 21.0. The second-order valence-corrected chi connectivity index (χ2v) is 7.90. The average molecular weight is 398 g/mol. The number of nitrogens with one attached hydrogen (secondary N) is 5. The van der Waals surface area contributed by atoms with Crippen LogP contribution in [0.5, 0.6) is 0 Å². The molecule has 1 aliphatic rings. The number of nitrogens with zero attached hydrogens (tertiary/aromatic N) is 2. The van der Waals surface area contributed by atoms with Crippen molar-refractivity contribution in [2.45, 2.75) is 39.3 Å². The second-order valence-electron chi connectivity index (χ2n) is 7.90. The molecule has 1 aromatic carbocycles. The summed E-state index contributed by atoms with van der Waals surface area (Å²) in [6.07, 6.45) is 2.63. The summed E-state index contributed by atoms with van der Waals surface area (Å²) in [7, 11) is 0. The van der Waals surface area contributed by atoms with Crippen molar-refractivity contribution in [3.8, 4) is 0 Å². The fourth-order valence-electron chi connectivity index (χ4n) is 3.69. The summed E-state index contributed by atoms with van der Waals surface area (Å²) < 4.78 is 0. The first-order valence-electron chi connectivity index (χ1n) is 10.1. The molecule has 1 saturated heterocycles. The minimum absolute atomic E-state index is 0.109. The number of rotatable bonds is 4. The van der Waals surface area contributed by atoms with Gasteiger partial charge in [-0.2, -0.15) is 0 Å². The molecule has 1 unspecified atom stereocenters. The number of amidine groups is 1. The van der Waals surface area contributed by atoms with Crippen LogP contribution in [0.1, 0.15) is 26.3 Å². The number of benzene rings is 1. The topological polar surface area (TPSA) is 111 Å². The minimum Gasteiger partial charge on any atom is -0.361 e. The fourth-order valence-corrected chi connectivity index (χ4v) is 3.69. The third-order valence-electron chi connectivity index (χ3n) is 5.41. The van der Waals surface area contributed by atoms with Gasteiger partial charge >= 0.3 is 0 Å². The molecule has 156 valence electrons. The number of carbonyl (C=O) groups excluding carboxylic acids is 1. The van der Waals surface area contributed by atoms with Gasteiger partial charge in [0.05, 0.1) is 0 Å². The Bertz CT molecular complexity index is 880. The maximum atomic E-state index is 12.4. The van der Waals surface area contributed by atoms with Gasteiger partial charge in [0.15, 0.2) is 11.8 Å². The maximum Gasteiger partial charge on any atom is 0.286 e. The lowest BCUT2D eigenvalue weighted by molar-refractivity contribution is -0.115. The van der Waals surface area contributed by atoms with Gasteiger partial charge in [-0.05, 0) is 38.8 Å². The molecule has 1 aliphatic heterocycles. The van der Waals surface area contributed by atoms with E-state index in [0.717, 1.165) is 42.6 Å². The highest BCUT2D eigenvalue weighted by Crippen LogP contribution is 2.18. The molecule has 1 aromatic heterocycles. The SMILES string of the molecule is CC(Cc1c[nH]c2ccccc12)NC(=O)C(=N)NC(=N)N1CCN(C(C)C)CC1. The summed E-state index contributed by atoms with van der Waals surface area (Å²) in [5.74, 6) is -0.687. The van der Waals surface area contributed by atoms with Crippen LogP contribution in [0.2, 0.25) is 0 Å². The molecule has 3 rings (SSSR count). The molecule has 8 nitrogen and oxygen atoms in total. The highest BCUT2D eigenvalue weighted by atomic mass is 16.2. The summed E-state index contributed by atoms with van der Waals surface area (Å²) in [5.41, 5.74) is 2.20. The van der Waals surface area contributed by atoms with Gasteiger partial charge in [-0.1, -0.05) is 18.2 Å². The van der Waals surface area contributed by atoms with Crippen LogP contribution >= 0.6 is 0 Å². The Morgan fingerprint density at radius 3 is 2.52 bits per heavy atom. The molecule has 0 aliphatic carbocycles. The monoisotopic (exact) mass is 397 g/mol. The molecule has 0 bridgehead atoms. The normalized spacial score (nSPS) is 16.1. The van der Waals surface area contributed by atoms with E-state index in [4.69, 9.17) is 10.8 Å². The number of guanidine groups is 1. The van der Waals surface area contributed by atoms with Gasteiger partial charge in [-0.25, -0.2) is 0 Å². The Balaban J connectivity index is 1.47. The van der Waals surface area contributed by atoms with Crippen molar-refractivity contribution >= 4 is 28.6 Å². The van der Waals surface area contributed by atoms with Crippen LogP contribution in [0.15, 0.2) is 30.5 Å². The van der Waals surface area contributed by atoms with Crippen molar-refractivity contribution in [3.05, 3.63) is 36.0 Å². The summed E-state index contributed by atoms with van der Waals surface area (Å²) in [4.78, 5) is 19.8. The zero-order valence-electron chi connectivity index (χ0n) is 17.4. The number of hydrogen-bond acceptors (Lipinski definition) is 4. The van der Waals surface area contributed by atoms with Crippen LogP contribution in [-0.2, 0) is 11.2 Å². The Hall–Kier alpha value is -2.87. The molecule has 0 saturated carbocycles. The average Bonchev–Trinajstić information content (AvgIpc) is 3.10. The number of aromatic amines is 1. The van der Waals surface area contributed by atoms with Crippen LogP contribution in [0.3, 0.4) is 0 Å². The molecule has 5 N–H and O–H groups in total. The molecule has 0 spiro atoms. The van der Waals surface area contributed by atoms with Crippen LogP contribution in [0.4, 0.5) is 0 Å². The highest BCUT2D eigenvalue weighted by Gasteiger charge is 2.22. The third kappa shape index (κ3) is 5.14. The van der Waals surface area contributed by atoms with E-state index in [1.807, 2.05) is 36.2 Å². The molecule has 1 amide bonds. The first-order valence-corrected chi connectivity index (χ1v) is 10.1. The highest BCUT2D eigenvalue weighted by molar-refractivity contribution is 6.39. The van der Waals surface area contributed by atoms with Gasteiger partial charge in [0.25, 0.3) is 5.91 Å². The van der Waals surface area contributed by atoms with E-state index in [1.165, 1.54) is 0 Å². The Labute approximate surface area is 171 Å². The van der Waals surface area contributed by atoms with Gasteiger partial charge < -0.3 is 20.5 Å². The van der Waals surface area contributed by atoms with E-state index in [9.17, 15) is 4.79 Å². The molecule has 29 heavy (non-hydrogen) atoms. The van der Waals surface area contributed by atoms with Crippen molar-refractivity contribution in [1.29, 1.82) is 10.8 Å². The lowest BCUT2D eigenvalue weighted by Crippen LogP contribution is -2.56. The number of hydrogen-bond donors (Lipinski definition) is 5. The largest absolute Gasteiger partial charge is 0.361 e. The molecule has 8 heteroatoms. The van der Waals surface area contributed by atoms with Crippen molar-refractivity contribution in [3.63, 3.8) is 0 Å². The third-order valence-corrected chi connectivity index (χ3v) is 5.41. The number of fused-ring (bicyclic) bond motifs is 1. The number of piperazine rings is 1. The van der Waals surface area contributed by atoms with Crippen molar-refractivity contribution in [2.75, 3.05) is 26.2 Å². The number of H-pyrrole nitrogens is 1. The molecular formula is C21H31N7O. The van der Waals surface area contributed by atoms with Crippen LogP contribution in [0, 0.1) is 10.8 Å². The van der Waals surface area contributed by atoms with Crippen LogP contribution in [0.25, 0.3) is 10.9 Å². The van der Waals surface area contributed by atoms with Crippen LogP contribution < -0.4 is 10.6 Å². The second kappa shape index (κ2) is 9.09. The van der Waals surface area contributed by atoms with Gasteiger partial charge in [-0.3, -0.25) is 20.5 Å². The zero-order valence-corrected chi connectivity index (χ0v) is 17.4. The Morgan fingerprint density at radius 1 is 1.14 bits per heavy atom. The summed E-state index contributed by atoms with van der Waals surface area (Å²) in [6, 6.07) is 8.41. The summed E-state index contributed by atoms with van der Waals surface area (Å²) in [6.45, 7) is 9.44. The smallest absolute Gasteiger partial charge is 0.286 e. The van der Waals surface area contributed by atoms with Crippen molar-refractivity contribution in [1.82, 2.24) is 25.4 Å². The Kier molecular flexibility index (Phi) is 6.53. The van der Waals surface area contributed by atoms with Gasteiger partial charge in [0.2, 0.25) is 0 Å². The fraction of sp³-hybridized carbons (Fsp3) is 0.476. The lowest BCUT2D eigenvalue weighted by atomic mass is 10.1. The standard InChI is InChI=1S/C21H31N7O/c1-14(2)27-8-10-28(11-9-27)21(23)26-19(22)20(29)25-15(3)12-16-13-24-18-7-5-4-6-17(16)18/h4-7,13-15,24H,8-12H2,1-3H3,(H,25,29)(H3,22,23,26). The molecule has 2 heterocycles. The molecular weight excluding hydrogens is 366 g/mol. The van der Waals surface area contributed by atoms with E-state index in [-0.39, 0.29) is 17.8 Å².